The van der Waals surface area contributed by atoms with Crippen molar-refractivity contribution in [3.63, 3.8) is 0 Å². The van der Waals surface area contributed by atoms with E-state index < -0.39 is 11.9 Å². The van der Waals surface area contributed by atoms with E-state index in [2.05, 4.69) is 54.6 Å². The number of benzene rings is 2. The number of aromatic carboxylic acids is 1. The Morgan fingerprint density at radius 1 is 0.964 bits per heavy atom. The van der Waals surface area contributed by atoms with Crippen molar-refractivity contribution >= 4 is 49.3 Å². The maximum atomic E-state index is 13.6. The molecule has 4 aliphatic carbocycles. The van der Waals surface area contributed by atoms with E-state index in [9.17, 15) is 19.9 Å². The molecule has 11 nitrogen and oxygen atoms in total. The van der Waals surface area contributed by atoms with Gasteiger partial charge in [-0.2, -0.15) is 9.83 Å². The highest BCUT2D eigenvalue weighted by Gasteiger charge is 2.66. The second-order valence-electron chi connectivity index (χ2n) is 18.6. The molecule has 4 bridgehead atoms. The normalized spacial score (nSPS) is 25.6. The van der Waals surface area contributed by atoms with Gasteiger partial charge in [0.1, 0.15) is 5.56 Å². The first kappa shape index (κ1) is 36.4. The molecule has 0 saturated heterocycles. The minimum absolute atomic E-state index is 0.0286. The smallest absolute Gasteiger partial charge is 0.355 e. The third-order valence-corrected chi connectivity index (χ3v) is 13.0. The lowest BCUT2D eigenvalue weighted by atomic mass is 9.39. The van der Waals surface area contributed by atoms with E-state index in [0.29, 0.717) is 37.5 Å². The first-order valence-electron chi connectivity index (χ1n) is 19.2. The van der Waals surface area contributed by atoms with Gasteiger partial charge in [-0.3, -0.25) is 14.8 Å². The number of para-hydroxylation sites is 1. The molecule has 2 N–H and O–H groups in total. The van der Waals surface area contributed by atoms with E-state index in [1.165, 1.54) is 30.2 Å². The Balaban J connectivity index is 1.03. The predicted octanol–water partition coefficient (Wildman–Crippen LogP) is 9.20. The Labute approximate surface area is 329 Å². The fourth-order valence-electron chi connectivity index (χ4n) is 11.6. The van der Waals surface area contributed by atoms with Crippen LogP contribution in [0.3, 0.4) is 0 Å². The third kappa shape index (κ3) is 6.42. The fourth-order valence-corrected chi connectivity index (χ4v) is 12.5. The van der Waals surface area contributed by atoms with Gasteiger partial charge < -0.3 is 15.1 Å². The first-order valence-corrected chi connectivity index (χ1v) is 20.0. The van der Waals surface area contributed by atoms with Gasteiger partial charge in [0, 0.05) is 39.7 Å². The van der Waals surface area contributed by atoms with E-state index in [1.54, 1.807) is 36.5 Å². The Morgan fingerprint density at radius 2 is 1.71 bits per heavy atom. The number of carbonyl (C=O) groups excluding carboxylic acids is 1. The number of pyridine rings is 2. The lowest BCUT2D eigenvalue weighted by Gasteiger charge is -2.70. The van der Waals surface area contributed by atoms with Crippen LogP contribution in [0.4, 0.5) is 5.13 Å². The van der Waals surface area contributed by atoms with Gasteiger partial charge in [0.25, 0.3) is 5.91 Å². The molecule has 0 radical (unpaired) electrons. The van der Waals surface area contributed by atoms with Crippen molar-refractivity contribution in [3.05, 3.63) is 95.3 Å². The first-order chi connectivity index (χ1) is 26.4. The highest BCUT2D eigenvalue weighted by Crippen LogP contribution is 2.72. The molecule has 288 valence electrons. The van der Waals surface area contributed by atoms with Crippen molar-refractivity contribution in [1.29, 1.82) is 0 Å². The lowest BCUT2D eigenvalue weighted by Crippen LogP contribution is -2.65. The molecule has 10 rings (SSSR count). The third-order valence-electron chi connectivity index (χ3n) is 12.1. The van der Waals surface area contributed by atoms with Gasteiger partial charge in [-0.25, -0.2) is 14.8 Å². The molecule has 4 fully saturated rings. The summed E-state index contributed by atoms with van der Waals surface area (Å²) in [5, 5.41) is 32.3. The summed E-state index contributed by atoms with van der Waals surface area (Å²) in [4.78, 5) is 35.6. The molecule has 2 unspecified atom stereocenters. The summed E-state index contributed by atoms with van der Waals surface area (Å²) >= 11 is 1.35. The fraction of sp³-hybridized carbons (Fsp3) is 0.409. The molecule has 12 heteroatoms. The number of nitrogens with one attached hydrogen (secondary N) is 1. The van der Waals surface area contributed by atoms with Crippen molar-refractivity contribution in [2.24, 2.45) is 16.2 Å². The van der Waals surface area contributed by atoms with Gasteiger partial charge in [0.15, 0.2) is 23.2 Å². The van der Waals surface area contributed by atoms with Crippen LogP contribution in [0.2, 0.25) is 0 Å². The summed E-state index contributed by atoms with van der Waals surface area (Å²) in [5.41, 5.74) is 4.04. The quantitative estimate of drug-likeness (QED) is 0.115. The number of carbonyl (C=O) groups is 2. The molecule has 1 amide bonds. The molecular formula is C44H46N6O5S. The molecule has 4 saturated carbocycles. The lowest BCUT2D eigenvalue weighted by molar-refractivity contribution is -0.604. The summed E-state index contributed by atoms with van der Waals surface area (Å²) in [5.74, 6) is -1.63. The van der Waals surface area contributed by atoms with Crippen LogP contribution in [-0.2, 0) is 11.3 Å². The molecule has 4 aliphatic rings. The number of rotatable bonds is 8. The molecule has 4 aromatic heterocycles. The Bertz CT molecular complexity index is 2550. The van der Waals surface area contributed by atoms with Crippen LogP contribution in [0.25, 0.3) is 43.4 Å². The average Bonchev–Trinajstić information content (AvgIpc) is 3.66. The van der Waals surface area contributed by atoms with Gasteiger partial charge in [0.05, 0.1) is 33.3 Å². The summed E-state index contributed by atoms with van der Waals surface area (Å²) in [7, 11) is 0. The van der Waals surface area contributed by atoms with Crippen LogP contribution < -0.4 is 10.0 Å². The minimum atomic E-state index is -1.15. The number of hydrogen-bond acceptors (Lipinski definition) is 8. The highest BCUT2D eigenvalue weighted by atomic mass is 32.1. The van der Waals surface area contributed by atoms with Crippen molar-refractivity contribution in [2.45, 2.75) is 97.8 Å². The summed E-state index contributed by atoms with van der Waals surface area (Å²) in [6.07, 6.45) is 11.1. The molecular weight excluding hydrogens is 725 g/mol. The van der Waals surface area contributed by atoms with Crippen LogP contribution in [0.15, 0.2) is 73.2 Å². The van der Waals surface area contributed by atoms with Crippen LogP contribution in [0.1, 0.15) is 99.7 Å². The van der Waals surface area contributed by atoms with Crippen LogP contribution >= 0.6 is 11.3 Å². The molecule has 2 aromatic carbocycles. The van der Waals surface area contributed by atoms with Crippen LogP contribution in [0, 0.1) is 28.4 Å². The SMILES string of the molecule is Cc1c(-c2ccc(-c3ccc4c[n+]([O-])cc(C(=O)Nc5nc6ccccc6s5)c4c3)nc2C(=O)O)cnn1CC12CC3(C)CC(C)(C1)CC(OC(C)(C)C)(C3)C2. The van der Waals surface area contributed by atoms with E-state index in [-0.39, 0.29) is 38.7 Å². The average molecular weight is 771 g/mol. The largest absolute Gasteiger partial charge is 0.619 e. The Kier molecular flexibility index (Phi) is 8.07. The number of carboxylic acid groups (broad SMARTS) is 1. The number of fused-ring (bicyclic) bond motifs is 2. The number of anilines is 1. The standard InChI is InChI=1S/C44H46N6O5S/c1-26-31(16-45-50(26)25-43-20-41(5)19-42(6,21-43)23-44(22-41,24-43)55-40(2,3)4)29-13-14-33(46-36(29)38(52)53)27-11-12-28-17-49(54)18-32(30(28)15-27)37(51)48-39-47-34-9-7-8-10-35(34)56-39/h7-18H,19-25H2,1-6H3,(H,52,53)(H,47,48,51). The van der Waals surface area contributed by atoms with Gasteiger partial charge in [-0.05, 0) is 119 Å². The highest BCUT2D eigenvalue weighted by molar-refractivity contribution is 7.22. The number of ether oxygens (including phenoxy) is 1. The van der Waals surface area contributed by atoms with Gasteiger partial charge in [-0.15, -0.1) is 0 Å². The Hall–Kier alpha value is -5.20. The number of carboxylic acids is 1. The molecule has 0 spiro atoms. The zero-order valence-electron chi connectivity index (χ0n) is 32.6. The zero-order valence-corrected chi connectivity index (χ0v) is 33.4. The van der Waals surface area contributed by atoms with E-state index in [1.807, 2.05) is 31.2 Å². The molecule has 6 aromatic rings. The minimum Gasteiger partial charge on any atom is -0.619 e. The molecule has 56 heavy (non-hydrogen) atoms. The number of thiazole rings is 1. The van der Waals surface area contributed by atoms with E-state index in [0.717, 1.165) is 60.1 Å². The molecule has 0 aliphatic heterocycles. The second-order valence-corrected chi connectivity index (χ2v) is 19.6. The Morgan fingerprint density at radius 3 is 2.43 bits per heavy atom. The number of aromatic nitrogens is 5. The van der Waals surface area contributed by atoms with Crippen molar-refractivity contribution in [1.82, 2.24) is 19.7 Å². The van der Waals surface area contributed by atoms with Crippen molar-refractivity contribution in [3.8, 4) is 22.4 Å². The van der Waals surface area contributed by atoms with Crippen LogP contribution in [0.5, 0.6) is 0 Å². The monoisotopic (exact) mass is 770 g/mol. The van der Waals surface area contributed by atoms with E-state index in [4.69, 9.17) is 9.84 Å². The maximum absolute atomic E-state index is 13.6. The van der Waals surface area contributed by atoms with Crippen molar-refractivity contribution in [2.75, 3.05) is 5.32 Å². The number of amides is 1. The van der Waals surface area contributed by atoms with Gasteiger partial charge >= 0.3 is 5.97 Å². The second kappa shape index (κ2) is 12.4. The number of hydrogen-bond donors (Lipinski definition) is 2. The summed E-state index contributed by atoms with van der Waals surface area (Å²) < 4.78 is 10.6. The van der Waals surface area contributed by atoms with Crippen molar-refractivity contribution < 1.29 is 24.2 Å². The van der Waals surface area contributed by atoms with Gasteiger partial charge in [0.2, 0.25) is 0 Å². The maximum Gasteiger partial charge on any atom is 0.355 e. The zero-order chi connectivity index (χ0) is 39.4. The predicted molar refractivity (Wildman–Crippen MR) is 217 cm³/mol. The summed E-state index contributed by atoms with van der Waals surface area (Å²) in [6.45, 7) is 14.1. The number of nitrogens with zero attached hydrogens (tertiary/aromatic N) is 5. The topological polar surface area (TPSA) is 146 Å². The van der Waals surface area contributed by atoms with E-state index >= 15 is 0 Å². The molecule has 2 atom stereocenters. The van der Waals surface area contributed by atoms with Gasteiger partial charge in [-0.1, -0.05) is 43.4 Å². The summed E-state index contributed by atoms with van der Waals surface area (Å²) in [6, 6.07) is 16.5. The molecule has 4 heterocycles. The van der Waals surface area contributed by atoms with Crippen LogP contribution in [-0.4, -0.2) is 47.9 Å².